The third-order valence-corrected chi connectivity index (χ3v) is 3.93. The van der Waals surface area contributed by atoms with Gasteiger partial charge in [0.2, 0.25) is 5.91 Å². The van der Waals surface area contributed by atoms with Crippen LogP contribution >= 0.6 is 0 Å². The molecule has 21 heavy (non-hydrogen) atoms. The Hall–Kier alpha value is -2.04. The minimum absolute atomic E-state index is 0.00948. The Morgan fingerprint density at radius 2 is 1.90 bits per heavy atom. The summed E-state index contributed by atoms with van der Waals surface area (Å²) in [7, 11) is 0. The topological polar surface area (TPSA) is 58.6 Å². The van der Waals surface area contributed by atoms with Crippen molar-refractivity contribution in [1.29, 1.82) is 0 Å². The van der Waals surface area contributed by atoms with Gasteiger partial charge in [-0.3, -0.25) is 4.79 Å². The third kappa shape index (κ3) is 2.60. The summed E-state index contributed by atoms with van der Waals surface area (Å²) in [4.78, 5) is 26.0. The average Bonchev–Trinajstić information content (AvgIpc) is 2.83. The maximum absolute atomic E-state index is 12.2. The minimum atomic E-state index is -0.523. The summed E-state index contributed by atoms with van der Waals surface area (Å²) in [5, 5.41) is 2.92. The van der Waals surface area contributed by atoms with Gasteiger partial charge in [0.1, 0.15) is 5.60 Å². The molecule has 2 aliphatic rings. The maximum Gasteiger partial charge on any atom is 0.410 e. The molecule has 5 nitrogen and oxygen atoms in total. The van der Waals surface area contributed by atoms with Crippen molar-refractivity contribution in [3.8, 4) is 0 Å². The van der Waals surface area contributed by atoms with Gasteiger partial charge in [-0.05, 0) is 32.4 Å². The van der Waals surface area contributed by atoms with Crippen LogP contribution < -0.4 is 5.32 Å². The highest BCUT2D eigenvalue weighted by atomic mass is 16.6. The van der Waals surface area contributed by atoms with Crippen molar-refractivity contribution in [3.05, 3.63) is 29.8 Å². The van der Waals surface area contributed by atoms with Gasteiger partial charge in [0.05, 0.1) is 5.92 Å². The van der Waals surface area contributed by atoms with Gasteiger partial charge in [-0.25, -0.2) is 4.79 Å². The SMILES string of the molecule is CC(C)(C)OC(=O)N1CC2C(=O)Nc3ccccc3C2C1. The third-order valence-electron chi connectivity index (χ3n) is 3.93. The van der Waals surface area contributed by atoms with Gasteiger partial charge >= 0.3 is 6.09 Å². The second kappa shape index (κ2) is 4.76. The second-order valence-corrected chi connectivity index (χ2v) is 6.67. The molecule has 5 heteroatoms. The van der Waals surface area contributed by atoms with Gasteiger partial charge in [-0.1, -0.05) is 18.2 Å². The Balaban J connectivity index is 1.82. The first-order valence-electron chi connectivity index (χ1n) is 7.23. The van der Waals surface area contributed by atoms with Crippen LogP contribution in [0.25, 0.3) is 0 Å². The number of rotatable bonds is 0. The van der Waals surface area contributed by atoms with E-state index in [0.717, 1.165) is 11.3 Å². The monoisotopic (exact) mass is 288 g/mol. The second-order valence-electron chi connectivity index (χ2n) is 6.67. The zero-order valence-electron chi connectivity index (χ0n) is 12.6. The van der Waals surface area contributed by atoms with Crippen molar-refractivity contribution < 1.29 is 14.3 Å². The molecule has 0 radical (unpaired) electrons. The fraction of sp³-hybridized carbons (Fsp3) is 0.500. The number of ether oxygens (including phenoxy) is 1. The number of hydrogen-bond acceptors (Lipinski definition) is 3. The van der Waals surface area contributed by atoms with Crippen molar-refractivity contribution in [3.63, 3.8) is 0 Å². The zero-order chi connectivity index (χ0) is 15.2. The lowest BCUT2D eigenvalue weighted by Crippen LogP contribution is -2.36. The van der Waals surface area contributed by atoms with Crippen LogP contribution in [0.5, 0.6) is 0 Å². The average molecular weight is 288 g/mol. The molecule has 1 aromatic carbocycles. The Morgan fingerprint density at radius 1 is 1.24 bits per heavy atom. The van der Waals surface area contributed by atoms with E-state index in [9.17, 15) is 9.59 Å². The van der Waals surface area contributed by atoms with Crippen LogP contribution in [0.3, 0.4) is 0 Å². The minimum Gasteiger partial charge on any atom is -0.444 e. The molecule has 1 N–H and O–H groups in total. The van der Waals surface area contributed by atoms with Crippen molar-refractivity contribution in [2.75, 3.05) is 18.4 Å². The molecule has 0 saturated carbocycles. The molecule has 112 valence electrons. The van der Waals surface area contributed by atoms with E-state index in [1.54, 1.807) is 4.90 Å². The van der Waals surface area contributed by atoms with Gasteiger partial charge in [-0.15, -0.1) is 0 Å². The Bertz CT molecular complexity index is 591. The van der Waals surface area contributed by atoms with Crippen LogP contribution in [0.1, 0.15) is 32.3 Å². The van der Waals surface area contributed by atoms with E-state index in [4.69, 9.17) is 4.74 Å². The number of fused-ring (bicyclic) bond motifs is 3. The summed E-state index contributed by atoms with van der Waals surface area (Å²) in [5.74, 6) is -0.139. The van der Waals surface area contributed by atoms with Crippen LogP contribution in [0.15, 0.2) is 24.3 Å². The molecule has 0 bridgehead atoms. The molecular formula is C16H20N2O3. The van der Waals surface area contributed by atoms with Crippen molar-refractivity contribution >= 4 is 17.7 Å². The fourth-order valence-corrected chi connectivity index (χ4v) is 3.02. The molecule has 2 heterocycles. The van der Waals surface area contributed by atoms with Crippen LogP contribution in [-0.4, -0.2) is 35.6 Å². The Labute approximate surface area is 124 Å². The van der Waals surface area contributed by atoms with Crippen molar-refractivity contribution in [2.24, 2.45) is 5.92 Å². The van der Waals surface area contributed by atoms with Crippen LogP contribution in [0.4, 0.5) is 10.5 Å². The van der Waals surface area contributed by atoms with E-state index in [1.165, 1.54) is 0 Å². The number of anilines is 1. The van der Waals surface area contributed by atoms with Gasteiger partial charge in [0.15, 0.2) is 0 Å². The van der Waals surface area contributed by atoms with E-state index in [0.29, 0.717) is 13.1 Å². The smallest absolute Gasteiger partial charge is 0.410 e. The first kappa shape index (κ1) is 13.9. The number of hydrogen-bond donors (Lipinski definition) is 1. The van der Waals surface area contributed by atoms with E-state index in [1.807, 2.05) is 45.0 Å². The summed E-state index contributed by atoms with van der Waals surface area (Å²) in [5.41, 5.74) is 1.44. The van der Waals surface area contributed by atoms with Crippen LogP contribution in [0, 0.1) is 5.92 Å². The normalized spacial score (nSPS) is 24.1. The lowest BCUT2D eigenvalue weighted by atomic mass is 9.84. The van der Waals surface area contributed by atoms with Crippen molar-refractivity contribution in [2.45, 2.75) is 32.3 Å². The number of nitrogens with zero attached hydrogens (tertiary/aromatic N) is 1. The molecule has 2 aliphatic heterocycles. The molecule has 0 aliphatic carbocycles. The summed E-state index contributed by atoms with van der Waals surface area (Å²) in [6.45, 7) is 6.48. The van der Waals surface area contributed by atoms with Gasteiger partial charge in [-0.2, -0.15) is 0 Å². The van der Waals surface area contributed by atoms with Crippen molar-refractivity contribution in [1.82, 2.24) is 4.90 Å². The van der Waals surface area contributed by atoms with Crippen LogP contribution in [-0.2, 0) is 9.53 Å². The van der Waals surface area contributed by atoms with Gasteiger partial charge in [0.25, 0.3) is 0 Å². The standard InChI is InChI=1S/C16H20N2O3/c1-16(2,3)21-15(20)18-8-11-10-6-4-5-7-13(10)17-14(19)12(11)9-18/h4-7,11-12H,8-9H2,1-3H3,(H,17,19). The maximum atomic E-state index is 12.2. The predicted molar refractivity (Wildman–Crippen MR) is 79.1 cm³/mol. The highest BCUT2D eigenvalue weighted by molar-refractivity contribution is 5.97. The largest absolute Gasteiger partial charge is 0.444 e. The van der Waals surface area contributed by atoms with E-state index >= 15 is 0 Å². The Kier molecular flexibility index (Phi) is 3.15. The molecule has 2 unspecified atom stereocenters. The molecule has 1 aromatic rings. The lowest BCUT2D eigenvalue weighted by Gasteiger charge is -2.26. The molecule has 0 aromatic heterocycles. The quantitative estimate of drug-likeness (QED) is 0.798. The highest BCUT2D eigenvalue weighted by Gasteiger charge is 2.44. The first-order valence-corrected chi connectivity index (χ1v) is 7.23. The van der Waals surface area contributed by atoms with Gasteiger partial charge < -0.3 is 15.0 Å². The number of carbonyl (C=O) groups excluding carboxylic acids is 2. The van der Waals surface area contributed by atoms with Crippen LogP contribution in [0.2, 0.25) is 0 Å². The molecular weight excluding hydrogens is 268 g/mol. The number of benzene rings is 1. The first-order chi connectivity index (χ1) is 9.85. The molecule has 3 rings (SSSR count). The fourth-order valence-electron chi connectivity index (χ4n) is 3.02. The number of amides is 2. The number of carbonyl (C=O) groups is 2. The van der Waals surface area contributed by atoms with E-state index < -0.39 is 5.60 Å². The molecule has 1 fully saturated rings. The number of likely N-dealkylation sites (tertiary alicyclic amines) is 1. The predicted octanol–water partition coefficient (Wildman–Crippen LogP) is 2.59. The molecule has 1 saturated heterocycles. The number of para-hydroxylation sites is 1. The molecule has 2 atom stereocenters. The van der Waals surface area contributed by atoms with E-state index in [-0.39, 0.29) is 23.8 Å². The molecule has 0 spiro atoms. The Morgan fingerprint density at radius 3 is 2.62 bits per heavy atom. The summed E-state index contributed by atoms with van der Waals surface area (Å²) >= 11 is 0. The summed E-state index contributed by atoms with van der Waals surface area (Å²) in [6.07, 6.45) is -0.345. The number of nitrogens with one attached hydrogen (secondary N) is 1. The van der Waals surface area contributed by atoms with Gasteiger partial charge in [0, 0.05) is 24.7 Å². The van der Waals surface area contributed by atoms with E-state index in [2.05, 4.69) is 5.32 Å². The summed E-state index contributed by atoms with van der Waals surface area (Å²) < 4.78 is 5.41. The zero-order valence-corrected chi connectivity index (χ0v) is 12.6. The summed E-state index contributed by atoms with van der Waals surface area (Å²) in [6, 6.07) is 7.79. The molecule has 2 amide bonds. The highest BCUT2D eigenvalue weighted by Crippen LogP contribution is 2.40. The lowest BCUT2D eigenvalue weighted by molar-refractivity contribution is -0.120.